The van der Waals surface area contributed by atoms with Gasteiger partial charge >= 0.3 is 0 Å². The third kappa shape index (κ3) is 6.78. The second-order valence-corrected chi connectivity index (χ2v) is 6.57. The summed E-state index contributed by atoms with van der Waals surface area (Å²) in [4.78, 5) is 4.66. The Kier molecular flexibility index (Phi) is 10.1. The summed E-state index contributed by atoms with van der Waals surface area (Å²) in [5.41, 5.74) is 2.67. The van der Waals surface area contributed by atoms with Crippen molar-refractivity contribution in [1.82, 2.24) is 15.1 Å². The maximum absolute atomic E-state index is 5.65. The van der Waals surface area contributed by atoms with Gasteiger partial charge in [0.15, 0.2) is 17.5 Å². The number of rotatable bonds is 9. The number of aliphatic imine (C=N–C) groups is 1. The van der Waals surface area contributed by atoms with Crippen molar-refractivity contribution in [3.63, 3.8) is 0 Å². The maximum atomic E-state index is 5.65. The average molecular weight is 551 g/mol. The van der Waals surface area contributed by atoms with Crippen molar-refractivity contribution in [2.24, 2.45) is 4.99 Å². The zero-order chi connectivity index (χ0) is 22.1. The van der Waals surface area contributed by atoms with Crippen LogP contribution in [0.15, 0.2) is 59.7 Å². The van der Waals surface area contributed by atoms with Gasteiger partial charge in [-0.15, -0.1) is 24.0 Å². The summed E-state index contributed by atoms with van der Waals surface area (Å²) in [6.45, 7) is 5.70. The van der Waals surface area contributed by atoms with Gasteiger partial charge in [0.25, 0.3) is 0 Å². The Bertz CT molecular complexity index is 1010. The highest BCUT2D eigenvalue weighted by Gasteiger charge is 2.08. The Hall–Kier alpha value is -2.95. The Morgan fingerprint density at radius 1 is 1.00 bits per heavy atom. The molecule has 3 aromatic rings. The van der Waals surface area contributed by atoms with Crippen LogP contribution in [0, 0.1) is 0 Å². The topological polar surface area (TPSA) is 81.9 Å². The van der Waals surface area contributed by atoms with Crippen LogP contribution in [0.1, 0.15) is 19.5 Å². The third-order valence-electron chi connectivity index (χ3n) is 4.45. The van der Waals surface area contributed by atoms with Crippen molar-refractivity contribution < 1.29 is 14.2 Å². The van der Waals surface area contributed by atoms with Crippen LogP contribution in [0.25, 0.3) is 5.69 Å². The fourth-order valence-electron chi connectivity index (χ4n) is 2.95. The van der Waals surface area contributed by atoms with E-state index in [9.17, 15) is 0 Å². The molecular formula is C23H30IN5O3. The number of hydrogen-bond donors (Lipinski definition) is 2. The molecule has 0 fully saturated rings. The zero-order valence-corrected chi connectivity index (χ0v) is 21.1. The highest BCUT2D eigenvalue weighted by atomic mass is 127. The second kappa shape index (κ2) is 12.8. The second-order valence-electron chi connectivity index (χ2n) is 6.57. The van der Waals surface area contributed by atoms with E-state index in [1.165, 1.54) is 0 Å². The zero-order valence-electron chi connectivity index (χ0n) is 18.8. The van der Waals surface area contributed by atoms with Crippen molar-refractivity contribution in [1.29, 1.82) is 0 Å². The summed E-state index contributed by atoms with van der Waals surface area (Å²) in [7, 11) is 3.28. The molecule has 1 aromatic heterocycles. The van der Waals surface area contributed by atoms with E-state index in [1.807, 2.05) is 73.3 Å². The van der Waals surface area contributed by atoms with Crippen LogP contribution in [-0.4, -0.2) is 43.1 Å². The van der Waals surface area contributed by atoms with E-state index in [0.717, 1.165) is 29.4 Å². The monoisotopic (exact) mass is 551 g/mol. The van der Waals surface area contributed by atoms with Crippen LogP contribution >= 0.6 is 24.0 Å². The highest BCUT2D eigenvalue weighted by molar-refractivity contribution is 14.0. The van der Waals surface area contributed by atoms with Crippen LogP contribution < -0.4 is 24.8 Å². The van der Waals surface area contributed by atoms with Gasteiger partial charge in [0.2, 0.25) is 0 Å². The molecule has 8 nitrogen and oxygen atoms in total. The van der Waals surface area contributed by atoms with Gasteiger partial charge in [-0.3, -0.25) is 0 Å². The molecule has 0 aliphatic heterocycles. The summed E-state index contributed by atoms with van der Waals surface area (Å²) >= 11 is 0. The quantitative estimate of drug-likeness (QED) is 0.232. The van der Waals surface area contributed by atoms with Gasteiger partial charge in [-0.1, -0.05) is 0 Å². The van der Waals surface area contributed by atoms with E-state index >= 15 is 0 Å². The first kappa shape index (κ1) is 25.3. The van der Waals surface area contributed by atoms with E-state index in [4.69, 9.17) is 14.2 Å². The largest absolute Gasteiger partial charge is 0.497 e. The number of methoxy groups -OCH3 is 2. The molecule has 2 aromatic carbocycles. The summed E-state index contributed by atoms with van der Waals surface area (Å²) in [6, 6.07) is 15.4. The predicted molar refractivity (Wildman–Crippen MR) is 138 cm³/mol. The number of aromatic nitrogens is 2. The normalized spacial score (nSPS) is 10.8. The Balaban J connectivity index is 0.00000363. The molecular weight excluding hydrogens is 521 g/mol. The van der Waals surface area contributed by atoms with E-state index in [2.05, 4.69) is 20.7 Å². The van der Waals surface area contributed by atoms with E-state index < -0.39 is 0 Å². The van der Waals surface area contributed by atoms with Crippen LogP contribution in [0.3, 0.4) is 0 Å². The lowest BCUT2D eigenvalue weighted by Crippen LogP contribution is -2.30. The number of ether oxygens (including phenoxy) is 3. The minimum Gasteiger partial charge on any atom is -0.497 e. The highest BCUT2D eigenvalue weighted by Crippen LogP contribution is 2.30. The third-order valence-corrected chi connectivity index (χ3v) is 4.45. The van der Waals surface area contributed by atoms with Crippen molar-refractivity contribution in [3.05, 3.63) is 60.4 Å². The molecule has 0 unspecified atom stereocenters. The number of anilines is 1. The number of nitrogens with one attached hydrogen (secondary N) is 2. The smallest absolute Gasteiger partial charge is 0.196 e. The molecule has 2 N–H and O–H groups in total. The van der Waals surface area contributed by atoms with Gasteiger partial charge in [0, 0.05) is 24.5 Å². The molecule has 1 heterocycles. The van der Waals surface area contributed by atoms with Crippen molar-refractivity contribution in [2.45, 2.75) is 20.4 Å². The molecule has 0 bridgehead atoms. The molecule has 0 saturated heterocycles. The van der Waals surface area contributed by atoms with Crippen LogP contribution in [0.4, 0.5) is 5.69 Å². The Labute approximate surface area is 206 Å². The lowest BCUT2D eigenvalue weighted by Gasteiger charge is -2.14. The van der Waals surface area contributed by atoms with Gasteiger partial charge in [0.1, 0.15) is 5.75 Å². The average Bonchev–Trinajstić information content (AvgIpc) is 3.27. The molecule has 172 valence electrons. The van der Waals surface area contributed by atoms with Gasteiger partial charge in [-0.05, 0) is 56.3 Å². The summed E-state index contributed by atoms with van der Waals surface area (Å²) < 4.78 is 18.0. The Morgan fingerprint density at radius 3 is 2.44 bits per heavy atom. The van der Waals surface area contributed by atoms with Gasteiger partial charge < -0.3 is 24.8 Å². The molecule has 0 atom stereocenters. The number of guanidine groups is 1. The lowest BCUT2D eigenvalue weighted by molar-refractivity contribution is 0.311. The summed E-state index contributed by atoms with van der Waals surface area (Å²) in [5, 5.41) is 11.2. The van der Waals surface area contributed by atoms with Gasteiger partial charge in [-0.2, -0.15) is 5.10 Å². The molecule has 0 amide bonds. The van der Waals surface area contributed by atoms with Crippen molar-refractivity contribution in [2.75, 3.05) is 32.7 Å². The first-order valence-corrected chi connectivity index (χ1v) is 10.2. The van der Waals surface area contributed by atoms with Crippen LogP contribution in [-0.2, 0) is 6.54 Å². The number of hydrogen-bond acceptors (Lipinski definition) is 5. The van der Waals surface area contributed by atoms with E-state index in [-0.39, 0.29) is 24.0 Å². The summed E-state index contributed by atoms with van der Waals surface area (Å²) in [6.07, 6.45) is 1.92. The van der Waals surface area contributed by atoms with E-state index in [1.54, 1.807) is 14.2 Å². The van der Waals surface area contributed by atoms with Crippen molar-refractivity contribution in [3.8, 4) is 22.9 Å². The minimum atomic E-state index is 0. The molecule has 3 rings (SSSR count). The standard InChI is InChI=1S/C23H29N5O3.HI/c1-5-24-23(26-17-7-12-21(30-4)22(15-17)31-6-2)25-16-18-13-14-28(27-18)19-8-10-20(29-3)11-9-19;/h7-15H,5-6,16H2,1-4H3,(H2,24,25,26);1H. The molecule has 0 aliphatic rings. The molecule has 0 saturated carbocycles. The molecule has 0 spiro atoms. The lowest BCUT2D eigenvalue weighted by atomic mass is 10.2. The predicted octanol–water partition coefficient (Wildman–Crippen LogP) is 4.48. The van der Waals surface area contributed by atoms with Crippen LogP contribution in [0.5, 0.6) is 17.2 Å². The summed E-state index contributed by atoms with van der Waals surface area (Å²) in [5.74, 6) is 2.85. The molecule has 32 heavy (non-hydrogen) atoms. The minimum absolute atomic E-state index is 0. The fourth-order valence-corrected chi connectivity index (χ4v) is 2.95. The van der Waals surface area contributed by atoms with E-state index in [0.29, 0.717) is 30.6 Å². The Morgan fingerprint density at radius 2 is 1.78 bits per heavy atom. The first-order valence-electron chi connectivity index (χ1n) is 10.2. The van der Waals surface area contributed by atoms with Gasteiger partial charge in [0.05, 0.1) is 38.8 Å². The SMILES string of the molecule is CCNC(=NCc1ccn(-c2ccc(OC)cc2)n1)Nc1ccc(OC)c(OCC)c1.I. The number of benzene rings is 2. The first-order chi connectivity index (χ1) is 15.2. The number of halogens is 1. The maximum Gasteiger partial charge on any atom is 0.196 e. The molecule has 0 radical (unpaired) electrons. The van der Waals surface area contributed by atoms with Gasteiger partial charge in [-0.25, -0.2) is 9.67 Å². The molecule has 9 heteroatoms. The fraction of sp³-hybridized carbons (Fsp3) is 0.304. The molecule has 0 aliphatic carbocycles. The van der Waals surface area contributed by atoms with Crippen molar-refractivity contribution >= 4 is 35.6 Å². The van der Waals surface area contributed by atoms with Crippen LogP contribution in [0.2, 0.25) is 0 Å². The number of nitrogens with zero attached hydrogens (tertiary/aromatic N) is 3.